The molecule has 2 aromatic carbocycles. The van der Waals surface area contributed by atoms with Gasteiger partial charge in [-0.2, -0.15) is 0 Å². The maximum absolute atomic E-state index is 10.9. The van der Waals surface area contributed by atoms with Crippen molar-refractivity contribution in [2.45, 2.75) is 46.5 Å². The van der Waals surface area contributed by atoms with E-state index >= 15 is 0 Å². The monoisotopic (exact) mass is 400 g/mol. The lowest BCUT2D eigenvalue weighted by atomic mass is 9.90. The highest BCUT2D eigenvalue weighted by Gasteiger charge is 2.22. The number of fused-ring (bicyclic) bond motifs is 2. The molecule has 0 bridgehead atoms. The second kappa shape index (κ2) is 7.28. The number of aromatic hydroxyl groups is 2. The van der Waals surface area contributed by atoms with Crippen molar-refractivity contribution in [3.63, 3.8) is 0 Å². The lowest BCUT2D eigenvalue weighted by Gasteiger charge is -2.20. The van der Waals surface area contributed by atoms with Crippen LogP contribution in [0, 0.1) is 5.92 Å². The molecule has 0 saturated heterocycles. The van der Waals surface area contributed by atoms with Gasteiger partial charge in [-0.1, -0.05) is 46.8 Å². The summed E-state index contributed by atoms with van der Waals surface area (Å²) in [7, 11) is 0. The van der Waals surface area contributed by atoms with E-state index < -0.39 is 0 Å². The number of hydrogen-bond donors (Lipinski definition) is 2. The second-order valence-electron chi connectivity index (χ2n) is 9.41. The molecule has 0 aliphatic carbocycles. The smallest absolute Gasteiger partial charge is 0.125 e. The Bertz CT molecular complexity index is 1250. The normalized spacial score (nSPS) is 12.2. The van der Waals surface area contributed by atoms with Gasteiger partial charge in [0.2, 0.25) is 0 Å². The topological polar surface area (TPSA) is 66.2 Å². The Morgan fingerprint density at radius 3 is 1.77 bits per heavy atom. The van der Waals surface area contributed by atoms with Crippen LogP contribution in [0.15, 0.2) is 48.5 Å². The van der Waals surface area contributed by atoms with E-state index in [4.69, 9.17) is 9.97 Å². The third-order valence-corrected chi connectivity index (χ3v) is 5.37. The molecule has 2 N–H and O–H groups in total. The van der Waals surface area contributed by atoms with Crippen LogP contribution in [0.5, 0.6) is 11.5 Å². The molecule has 0 atom stereocenters. The van der Waals surface area contributed by atoms with Crippen molar-refractivity contribution in [1.82, 2.24) is 9.97 Å². The molecule has 4 heteroatoms. The summed E-state index contributed by atoms with van der Waals surface area (Å²) in [6.45, 7) is 10.6. The molecule has 0 unspecified atom stereocenters. The zero-order valence-corrected chi connectivity index (χ0v) is 18.2. The molecule has 0 aliphatic rings. The van der Waals surface area contributed by atoms with Crippen molar-refractivity contribution in [2.24, 2.45) is 5.92 Å². The summed E-state index contributed by atoms with van der Waals surface area (Å²) in [5.74, 6) is 0.639. The Morgan fingerprint density at radius 1 is 0.733 bits per heavy atom. The van der Waals surface area contributed by atoms with Gasteiger partial charge in [0.05, 0.1) is 22.2 Å². The first-order chi connectivity index (χ1) is 14.1. The fraction of sp³-hybridized carbons (Fsp3) is 0.308. The molecule has 4 nitrogen and oxygen atoms in total. The highest BCUT2D eigenvalue weighted by Crippen LogP contribution is 2.43. The van der Waals surface area contributed by atoms with E-state index in [9.17, 15) is 10.2 Å². The lowest BCUT2D eigenvalue weighted by Crippen LogP contribution is -2.13. The van der Waals surface area contributed by atoms with Gasteiger partial charge in [0.25, 0.3) is 0 Å². The number of pyridine rings is 2. The summed E-state index contributed by atoms with van der Waals surface area (Å²) < 4.78 is 0. The molecule has 0 spiro atoms. The first-order valence-corrected chi connectivity index (χ1v) is 10.4. The molecule has 2 heterocycles. The molecule has 0 aliphatic heterocycles. The van der Waals surface area contributed by atoms with Crippen molar-refractivity contribution in [1.29, 1.82) is 0 Å². The van der Waals surface area contributed by atoms with E-state index in [1.165, 1.54) is 0 Å². The standard InChI is InChI=1S/C26H28N2O2/c1-15(2)14-18-10-6-16-7-11-19(29)22(24(16)27-18)23-20(30)12-8-17-9-13-21(26(3,4)5)28-25(17)23/h6-13,15,29-30H,14H2,1-5H3. The van der Waals surface area contributed by atoms with E-state index in [0.717, 1.165) is 28.6 Å². The van der Waals surface area contributed by atoms with Gasteiger partial charge >= 0.3 is 0 Å². The number of benzene rings is 2. The van der Waals surface area contributed by atoms with Crippen molar-refractivity contribution >= 4 is 21.8 Å². The van der Waals surface area contributed by atoms with E-state index in [2.05, 4.69) is 34.6 Å². The number of aromatic nitrogens is 2. The molecule has 2 aromatic heterocycles. The molecular weight excluding hydrogens is 372 g/mol. The van der Waals surface area contributed by atoms with Crippen LogP contribution < -0.4 is 0 Å². The van der Waals surface area contributed by atoms with Gasteiger partial charge in [-0.3, -0.25) is 9.97 Å². The molecular formula is C26H28N2O2. The van der Waals surface area contributed by atoms with Gasteiger partial charge in [0.1, 0.15) is 11.5 Å². The number of nitrogens with zero attached hydrogens (tertiary/aromatic N) is 2. The van der Waals surface area contributed by atoms with Crippen LogP contribution in [0.25, 0.3) is 32.9 Å². The minimum Gasteiger partial charge on any atom is -0.507 e. The number of phenolic OH excluding ortho intramolecular Hbond substituents is 2. The summed E-state index contributed by atoms with van der Waals surface area (Å²) in [5, 5.41) is 23.6. The van der Waals surface area contributed by atoms with Gasteiger partial charge in [0.15, 0.2) is 0 Å². The molecule has 154 valence electrons. The first kappa shape index (κ1) is 20.1. The molecule has 0 saturated carbocycles. The van der Waals surface area contributed by atoms with Crippen molar-refractivity contribution < 1.29 is 10.2 Å². The molecule has 0 radical (unpaired) electrons. The Morgan fingerprint density at radius 2 is 1.23 bits per heavy atom. The molecule has 30 heavy (non-hydrogen) atoms. The summed E-state index contributed by atoms with van der Waals surface area (Å²) in [6, 6.07) is 15.1. The predicted octanol–water partition coefficient (Wildman–Crippen LogP) is 6.36. The van der Waals surface area contributed by atoms with Crippen LogP contribution in [0.1, 0.15) is 46.0 Å². The highest BCUT2D eigenvalue weighted by atomic mass is 16.3. The molecule has 4 aromatic rings. The van der Waals surface area contributed by atoms with Crippen LogP contribution >= 0.6 is 0 Å². The van der Waals surface area contributed by atoms with E-state index in [0.29, 0.717) is 28.1 Å². The zero-order valence-electron chi connectivity index (χ0n) is 18.2. The Labute approximate surface area is 177 Å². The third kappa shape index (κ3) is 3.58. The first-order valence-electron chi connectivity index (χ1n) is 10.4. The Hall–Kier alpha value is -3.14. The summed E-state index contributed by atoms with van der Waals surface area (Å²) in [5.41, 5.74) is 4.15. The van der Waals surface area contributed by atoms with Gasteiger partial charge in [-0.25, -0.2) is 0 Å². The van der Waals surface area contributed by atoms with Gasteiger partial charge < -0.3 is 10.2 Å². The van der Waals surface area contributed by atoms with Crippen LogP contribution in [0.3, 0.4) is 0 Å². The van der Waals surface area contributed by atoms with Gasteiger partial charge in [-0.15, -0.1) is 0 Å². The highest BCUT2D eigenvalue weighted by molar-refractivity contribution is 6.06. The Balaban J connectivity index is 2.08. The fourth-order valence-corrected chi connectivity index (χ4v) is 3.84. The van der Waals surface area contributed by atoms with E-state index in [1.807, 2.05) is 36.4 Å². The summed E-state index contributed by atoms with van der Waals surface area (Å²) >= 11 is 0. The van der Waals surface area contributed by atoms with E-state index in [1.54, 1.807) is 12.1 Å². The largest absolute Gasteiger partial charge is 0.507 e. The van der Waals surface area contributed by atoms with E-state index in [-0.39, 0.29) is 16.9 Å². The minimum absolute atomic E-state index is 0.0833. The van der Waals surface area contributed by atoms with Crippen LogP contribution in [0.4, 0.5) is 0 Å². The van der Waals surface area contributed by atoms with Gasteiger partial charge in [0, 0.05) is 27.6 Å². The van der Waals surface area contributed by atoms with Crippen molar-refractivity contribution in [3.8, 4) is 22.6 Å². The van der Waals surface area contributed by atoms with Crippen molar-refractivity contribution in [3.05, 3.63) is 59.9 Å². The van der Waals surface area contributed by atoms with Crippen molar-refractivity contribution in [2.75, 3.05) is 0 Å². The maximum Gasteiger partial charge on any atom is 0.125 e. The maximum atomic E-state index is 10.9. The van der Waals surface area contributed by atoms with Crippen LogP contribution in [-0.4, -0.2) is 20.2 Å². The molecule has 0 fully saturated rings. The lowest BCUT2D eigenvalue weighted by molar-refractivity contribution is 0.470. The quantitative estimate of drug-likeness (QED) is 0.420. The summed E-state index contributed by atoms with van der Waals surface area (Å²) in [6.07, 6.45) is 0.846. The van der Waals surface area contributed by atoms with Crippen LogP contribution in [0.2, 0.25) is 0 Å². The third-order valence-electron chi connectivity index (χ3n) is 5.37. The molecule has 4 rings (SSSR count). The summed E-state index contributed by atoms with van der Waals surface area (Å²) in [4.78, 5) is 9.78. The fourth-order valence-electron chi connectivity index (χ4n) is 3.84. The number of rotatable bonds is 3. The Kier molecular flexibility index (Phi) is 4.89. The van der Waals surface area contributed by atoms with Crippen LogP contribution in [-0.2, 0) is 11.8 Å². The minimum atomic E-state index is -0.138. The molecule has 0 amide bonds. The average Bonchev–Trinajstić information content (AvgIpc) is 2.67. The predicted molar refractivity (Wildman–Crippen MR) is 123 cm³/mol. The SMILES string of the molecule is CC(C)Cc1ccc2ccc(O)c(-c3c(O)ccc4ccc(C(C)(C)C)nc34)c2n1. The van der Waals surface area contributed by atoms with Gasteiger partial charge in [-0.05, 0) is 48.7 Å². The zero-order chi connectivity index (χ0) is 21.6. The number of hydrogen-bond acceptors (Lipinski definition) is 4. The second-order valence-corrected chi connectivity index (χ2v) is 9.41. The average molecular weight is 401 g/mol. The number of phenols is 2.